The number of benzene rings is 1. The molecule has 0 aliphatic rings. The fraction of sp³-hybridized carbons (Fsp3) is 0.600. The summed E-state index contributed by atoms with van der Waals surface area (Å²) < 4.78 is 5.63. The van der Waals surface area contributed by atoms with Crippen LogP contribution in [0, 0.1) is 0 Å². The number of ether oxygens (including phenoxy) is 1. The van der Waals surface area contributed by atoms with Gasteiger partial charge in [-0.15, -0.1) is 6.58 Å². The zero-order valence-corrected chi connectivity index (χ0v) is 13.9. The SMILES string of the molecule is C=CCCCCCCCC(O)CCCOCc1ccccc1. The summed E-state index contributed by atoms with van der Waals surface area (Å²) in [6.45, 7) is 5.13. The summed E-state index contributed by atoms with van der Waals surface area (Å²) in [4.78, 5) is 0. The van der Waals surface area contributed by atoms with E-state index in [0.29, 0.717) is 6.61 Å². The largest absolute Gasteiger partial charge is 0.393 e. The number of unbranched alkanes of at least 4 members (excludes halogenated alkanes) is 5. The molecule has 0 heterocycles. The van der Waals surface area contributed by atoms with Crippen LogP contribution in [-0.4, -0.2) is 17.8 Å². The van der Waals surface area contributed by atoms with Crippen molar-refractivity contribution in [3.8, 4) is 0 Å². The van der Waals surface area contributed by atoms with Crippen molar-refractivity contribution in [2.45, 2.75) is 70.5 Å². The Morgan fingerprint density at radius 2 is 1.64 bits per heavy atom. The van der Waals surface area contributed by atoms with Crippen LogP contribution in [0.1, 0.15) is 63.4 Å². The first-order valence-corrected chi connectivity index (χ1v) is 8.73. The highest BCUT2D eigenvalue weighted by atomic mass is 16.5. The minimum Gasteiger partial charge on any atom is -0.393 e. The van der Waals surface area contributed by atoms with Gasteiger partial charge in [0.05, 0.1) is 12.7 Å². The van der Waals surface area contributed by atoms with E-state index >= 15 is 0 Å². The molecule has 1 unspecified atom stereocenters. The molecule has 0 aliphatic heterocycles. The number of allylic oxidation sites excluding steroid dienone is 1. The quantitative estimate of drug-likeness (QED) is 0.375. The Morgan fingerprint density at radius 3 is 2.41 bits per heavy atom. The first-order valence-electron chi connectivity index (χ1n) is 8.73. The second-order valence-electron chi connectivity index (χ2n) is 5.97. The highest BCUT2D eigenvalue weighted by molar-refractivity contribution is 5.13. The van der Waals surface area contributed by atoms with Gasteiger partial charge < -0.3 is 9.84 Å². The van der Waals surface area contributed by atoms with Crippen LogP contribution in [0.4, 0.5) is 0 Å². The summed E-state index contributed by atoms with van der Waals surface area (Å²) in [5, 5.41) is 9.94. The van der Waals surface area contributed by atoms with Gasteiger partial charge >= 0.3 is 0 Å². The third kappa shape index (κ3) is 10.6. The maximum absolute atomic E-state index is 9.94. The maximum Gasteiger partial charge on any atom is 0.0716 e. The van der Waals surface area contributed by atoms with Crippen molar-refractivity contribution in [3.05, 3.63) is 48.6 Å². The highest BCUT2D eigenvalue weighted by Crippen LogP contribution is 2.11. The Kier molecular flexibility index (Phi) is 11.6. The van der Waals surface area contributed by atoms with E-state index in [-0.39, 0.29) is 6.10 Å². The van der Waals surface area contributed by atoms with Gasteiger partial charge in [0.2, 0.25) is 0 Å². The molecule has 2 nitrogen and oxygen atoms in total. The molecule has 0 saturated carbocycles. The monoisotopic (exact) mass is 304 g/mol. The molecule has 1 N–H and O–H groups in total. The van der Waals surface area contributed by atoms with Crippen LogP contribution in [0.15, 0.2) is 43.0 Å². The number of hydrogen-bond donors (Lipinski definition) is 1. The Balaban J connectivity index is 1.87. The van der Waals surface area contributed by atoms with Gasteiger partial charge in [0.25, 0.3) is 0 Å². The molecule has 0 amide bonds. The van der Waals surface area contributed by atoms with Crippen molar-refractivity contribution < 1.29 is 9.84 Å². The van der Waals surface area contributed by atoms with Crippen molar-refractivity contribution >= 4 is 0 Å². The number of aliphatic hydroxyl groups excluding tert-OH is 1. The van der Waals surface area contributed by atoms with Gasteiger partial charge in [-0.25, -0.2) is 0 Å². The molecule has 124 valence electrons. The smallest absolute Gasteiger partial charge is 0.0716 e. The molecule has 0 saturated heterocycles. The molecule has 0 radical (unpaired) electrons. The summed E-state index contributed by atoms with van der Waals surface area (Å²) >= 11 is 0. The molecule has 0 bridgehead atoms. The van der Waals surface area contributed by atoms with Crippen LogP contribution in [0.3, 0.4) is 0 Å². The highest BCUT2D eigenvalue weighted by Gasteiger charge is 2.03. The number of rotatable bonds is 14. The second-order valence-corrected chi connectivity index (χ2v) is 5.97. The van der Waals surface area contributed by atoms with Gasteiger partial charge in [0.1, 0.15) is 0 Å². The van der Waals surface area contributed by atoms with E-state index in [2.05, 4.69) is 18.7 Å². The first-order chi connectivity index (χ1) is 10.8. The summed E-state index contributed by atoms with van der Waals surface area (Å²) in [6.07, 6.45) is 11.9. The lowest BCUT2D eigenvalue weighted by atomic mass is 10.0. The first kappa shape index (κ1) is 18.9. The zero-order chi connectivity index (χ0) is 15.9. The normalized spacial score (nSPS) is 12.2. The molecular formula is C20H32O2. The third-order valence-electron chi connectivity index (χ3n) is 3.88. The van der Waals surface area contributed by atoms with E-state index in [1.807, 2.05) is 24.3 Å². The fourth-order valence-electron chi connectivity index (χ4n) is 2.53. The van der Waals surface area contributed by atoms with Gasteiger partial charge in [-0.1, -0.05) is 62.1 Å². The van der Waals surface area contributed by atoms with Crippen LogP contribution in [0.25, 0.3) is 0 Å². The molecule has 1 aromatic rings. The number of hydrogen-bond acceptors (Lipinski definition) is 2. The van der Waals surface area contributed by atoms with Gasteiger partial charge in [-0.3, -0.25) is 0 Å². The van der Waals surface area contributed by atoms with E-state index in [1.165, 1.54) is 31.2 Å². The van der Waals surface area contributed by atoms with Crippen molar-refractivity contribution in [3.63, 3.8) is 0 Å². The summed E-state index contributed by atoms with van der Waals surface area (Å²) in [5.74, 6) is 0. The molecule has 2 heteroatoms. The van der Waals surface area contributed by atoms with Gasteiger partial charge in [0.15, 0.2) is 0 Å². The molecule has 0 spiro atoms. The predicted octanol–water partition coefficient (Wildman–Crippen LogP) is 5.26. The lowest BCUT2D eigenvalue weighted by molar-refractivity contribution is 0.0936. The standard InChI is InChI=1S/C20H32O2/c1-2-3-4-5-6-7-11-15-20(21)16-12-17-22-18-19-13-9-8-10-14-19/h2,8-10,13-14,20-21H,1,3-7,11-12,15-18H2. The molecule has 0 aromatic heterocycles. The molecule has 22 heavy (non-hydrogen) atoms. The van der Waals surface area contributed by atoms with Crippen LogP contribution < -0.4 is 0 Å². The number of aliphatic hydroxyl groups is 1. The minimum absolute atomic E-state index is 0.159. The third-order valence-corrected chi connectivity index (χ3v) is 3.88. The topological polar surface area (TPSA) is 29.5 Å². The maximum atomic E-state index is 9.94. The lowest BCUT2D eigenvalue weighted by Gasteiger charge is -2.10. The van der Waals surface area contributed by atoms with E-state index in [0.717, 1.165) is 38.7 Å². The Hall–Kier alpha value is -1.12. The molecule has 1 atom stereocenters. The van der Waals surface area contributed by atoms with E-state index < -0.39 is 0 Å². The van der Waals surface area contributed by atoms with Crippen LogP contribution in [0.5, 0.6) is 0 Å². The van der Waals surface area contributed by atoms with Crippen molar-refractivity contribution in [2.24, 2.45) is 0 Å². The van der Waals surface area contributed by atoms with E-state index in [4.69, 9.17) is 4.74 Å². The van der Waals surface area contributed by atoms with Crippen LogP contribution in [-0.2, 0) is 11.3 Å². The Labute approximate surface area is 136 Å². The average molecular weight is 304 g/mol. The lowest BCUT2D eigenvalue weighted by Crippen LogP contribution is -2.08. The molecule has 1 rings (SSSR count). The van der Waals surface area contributed by atoms with E-state index in [9.17, 15) is 5.11 Å². The summed E-state index contributed by atoms with van der Waals surface area (Å²) in [6, 6.07) is 10.2. The fourth-order valence-corrected chi connectivity index (χ4v) is 2.53. The average Bonchev–Trinajstić information content (AvgIpc) is 2.54. The van der Waals surface area contributed by atoms with Gasteiger partial charge in [0, 0.05) is 6.61 Å². The zero-order valence-electron chi connectivity index (χ0n) is 13.9. The Bertz CT molecular complexity index is 361. The molecular weight excluding hydrogens is 272 g/mol. The summed E-state index contributed by atoms with van der Waals surface area (Å²) in [7, 11) is 0. The molecule has 0 fully saturated rings. The van der Waals surface area contributed by atoms with Gasteiger partial charge in [-0.2, -0.15) is 0 Å². The van der Waals surface area contributed by atoms with E-state index in [1.54, 1.807) is 0 Å². The molecule has 1 aromatic carbocycles. The van der Waals surface area contributed by atoms with Crippen molar-refractivity contribution in [2.75, 3.05) is 6.61 Å². The van der Waals surface area contributed by atoms with Gasteiger partial charge in [-0.05, 0) is 37.7 Å². The Morgan fingerprint density at radius 1 is 0.955 bits per heavy atom. The van der Waals surface area contributed by atoms with Crippen molar-refractivity contribution in [1.29, 1.82) is 0 Å². The molecule has 0 aliphatic carbocycles. The summed E-state index contributed by atoms with van der Waals surface area (Å²) in [5.41, 5.74) is 1.21. The van der Waals surface area contributed by atoms with Crippen LogP contribution in [0.2, 0.25) is 0 Å². The predicted molar refractivity (Wildman–Crippen MR) is 93.9 cm³/mol. The van der Waals surface area contributed by atoms with Crippen molar-refractivity contribution in [1.82, 2.24) is 0 Å². The second kappa shape index (κ2) is 13.5. The van der Waals surface area contributed by atoms with Crippen LogP contribution >= 0.6 is 0 Å². The minimum atomic E-state index is -0.159.